The predicted octanol–water partition coefficient (Wildman–Crippen LogP) is 4.87. The second kappa shape index (κ2) is 12.7. The Kier molecular flexibility index (Phi) is 9.19. The van der Waals surface area contributed by atoms with Gasteiger partial charge in [0.1, 0.15) is 12.4 Å². The molecule has 0 bridgehead atoms. The van der Waals surface area contributed by atoms with Crippen molar-refractivity contribution in [2.24, 2.45) is 0 Å². The van der Waals surface area contributed by atoms with Crippen molar-refractivity contribution in [2.75, 3.05) is 32.7 Å². The van der Waals surface area contributed by atoms with Gasteiger partial charge in [0.15, 0.2) is 0 Å². The van der Waals surface area contributed by atoms with Gasteiger partial charge in [-0.1, -0.05) is 12.1 Å². The Balaban J connectivity index is 1.55. The number of rotatable bonds is 11. The van der Waals surface area contributed by atoms with Crippen LogP contribution in [0, 0.1) is 22.9 Å². The van der Waals surface area contributed by atoms with Gasteiger partial charge >= 0.3 is 0 Å². The van der Waals surface area contributed by atoms with Crippen molar-refractivity contribution in [1.29, 1.82) is 0 Å². The minimum Gasteiger partial charge on any atom is -0.332 e. The van der Waals surface area contributed by atoms with Gasteiger partial charge in [0.05, 0.1) is 11.5 Å². The smallest absolute Gasteiger partial charge is 0.269 e. The zero-order valence-corrected chi connectivity index (χ0v) is 22.2. The lowest BCUT2D eigenvalue weighted by Crippen LogP contribution is -2.45. The fraction of sp³-hybridized carbons (Fsp3) is 0.357. The molecule has 1 aliphatic heterocycles. The first-order chi connectivity index (χ1) is 18.3. The van der Waals surface area contributed by atoms with Crippen molar-refractivity contribution in [3.05, 3.63) is 97.5 Å². The van der Waals surface area contributed by atoms with E-state index < -0.39 is 4.92 Å². The molecule has 0 saturated carbocycles. The number of hydrogen-bond donors (Lipinski definition) is 0. The van der Waals surface area contributed by atoms with Gasteiger partial charge in [-0.15, -0.1) is 11.3 Å². The van der Waals surface area contributed by atoms with Crippen LogP contribution in [0.4, 0.5) is 10.1 Å². The molecule has 1 fully saturated rings. The van der Waals surface area contributed by atoms with Crippen molar-refractivity contribution in [3.8, 4) is 0 Å². The number of amides is 2. The first kappa shape index (κ1) is 27.4. The molecular formula is C28H31FN4O4S. The summed E-state index contributed by atoms with van der Waals surface area (Å²) in [7, 11) is 0. The van der Waals surface area contributed by atoms with Crippen molar-refractivity contribution in [1.82, 2.24) is 14.7 Å². The number of carbonyl (C=O) groups is 2. The quantitative estimate of drug-likeness (QED) is 0.257. The zero-order valence-electron chi connectivity index (χ0n) is 21.3. The van der Waals surface area contributed by atoms with E-state index >= 15 is 0 Å². The number of nitro benzene ring substituents is 1. The highest BCUT2D eigenvalue weighted by molar-refractivity contribution is 7.10. The lowest BCUT2D eigenvalue weighted by molar-refractivity contribution is -0.384. The molecule has 2 aromatic carbocycles. The number of likely N-dealkylation sites (tertiary alicyclic amines) is 1. The van der Waals surface area contributed by atoms with Crippen LogP contribution < -0.4 is 0 Å². The maximum atomic E-state index is 13.7. The number of hydrogen-bond acceptors (Lipinski definition) is 6. The lowest BCUT2D eigenvalue weighted by atomic mass is 10.1. The van der Waals surface area contributed by atoms with Gasteiger partial charge in [-0.2, -0.15) is 0 Å². The number of nitrogens with zero attached hydrogens (tertiary/aromatic N) is 4. The van der Waals surface area contributed by atoms with E-state index in [1.807, 2.05) is 18.4 Å². The molecule has 2 heterocycles. The Labute approximate surface area is 225 Å². The van der Waals surface area contributed by atoms with Crippen LogP contribution in [0.2, 0.25) is 0 Å². The molecule has 4 rings (SSSR count). The average molecular weight is 539 g/mol. The van der Waals surface area contributed by atoms with Gasteiger partial charge in [-0.3, -0.25) is 19.7 Å². The summed E-state index contributed by atoms with van der Waals surface area (Å²) in [5.41, 5.74) is 2.07. The lowest BCUT2D eigenvalue weighted by Gasteiger charge is -2.29. The number of benzene rings is 2. The van der Waals surface area contributed by atoms with E-state index in [-0.39, 0.29) is 36.4 Å². The molecule has 0 aliphatic carbocycles. The summed E-state index contributed by atoms with van der Waals surface area (Å²) >= 11 is 1.56. The number of non-ortho nitro benzene ring substituents is 1. The minimum absolute atomic E-state index is 0.0990. The summed E-state index contributed by atoms with van der Waals surface area (Å²) in [5, 5.41) is 13.0. The fourth-order valence-corrected chi connectivity index (χ4v) is 5.39. The van der Waals surface area contributed by atoms with Crippen LogP contribution in [0.1, 0.15) is 39.2 Å². The molecule has 0 N–H and O–H groups in total. The number of nitro groups is 1. The van der Waals surface area contributed by atoms with E-state index in [1.54, 1.807) is 28.4 Å². The third-order valence-electron chi connectivity index (χ3n) is 6.77. The molecule has 8 nitrogen and oxygen atoms in total. The first-order valence-electron chi connectivity index (χ1n) is 12.6. The van der Waals surface area contributed by atoms with Crippen molar-refractivity contribution in [2.45, 2.75) is 32.9 Å². The first-order valence-corrected chi connectivity index (χ1v) is 13.5. The molecular weight excluding hydrogens is 507 g/mol. The van der Waals surface area contributed by atoms with Crippen molar-refractivity contribution < 1.29 is 18.9 Å². The van der Waals surface area contributed by atoms with Crippen molar-refractivity contribution in [3.63, 3.8) is 0 Å². The molecule has 0 radical (unpaired) electrons. The van der Waals surface area contributed by atoms with E-state index in [1.165, 1.54) is 41.3 Å². The fourth-order valence-electron chi connectivity index (χ4n) is 4.47. The van der Waals surface area contributed by atoms with Gasteiger partial charge in [-0.25, -0.2) is 4.39 Å². The van der Waals surface area contributed by atoms with E-state index in [0.29, 0.717) is 25.2 Å². The molecule has 1 aromatic heterocycles. The second-order valence-electron chi connectivity index (χ2n) is 9.48. The highest BCUT2D eigenvalue weighted by Crippen LogP contribution is 2.21. The normalized spacial score (nSPS) is 13.4. The van der Waals surface area contributed by atoms with Crippen LogP contribution in [-0.2, 0) is 17.9 Å². The standard InChI is InChI=1S/C28H31FN4O4S/c1-21-12-17-38-26(21)19-32(18-22-4-8-24(29)9-5-22)27(34)20-31(16-15-30-13-2-3-14-30)28(35)23-6-10-25(11-7-23)33(36)37/h4-12,17H,2-3,13-16,18-20H2,1H3. The van der Waals surface area contributed by atoms with Crippen LogP contribution in [-0.4, -0.2) is 64.2 Å². The molecule has 1 aliphatic rings. The largest absolute Gasteiger partial charge is 0.332 e. The Morgan fingerprint density at radius 3 is 2.29 bits per heavy atom. The highest BCUT2D eigenvalue weighted by atomic mass is 32.1. The summed E-state index contributed by atoms with van der Waals surface area (Å²) in [4.78, 5) is 44.3. The number of carbonyl (C=O) groups excluding carboxylic acids is 2. The summed E-state index contributed by atoms with van der Waals surface area (Å²) < 4.78 is 13.5. The molecule has 0 atom stereocenters. The Morgan fingerprint density at radius 2 is 1.68 bits per heavy atom. The van der Waals surface area contributed by atoms with E-state index in [4.69, 9.17) is 0 Å². The van der Waals surface area contributed by atoms with Gasteiger partial charge in [-0.05, 0) is 79.7 Å². The SMILES string of the molecule is Cc1ccsc1CN(Cc1ccc(F)cc1)C(=O)CN(CCN1CCCC1)C(=O)c1ccc([N+](=O)[O-])cc1. The van der Waals surface area contributed by atoms with Gasteiger partial charge in [0.25, 0.3) is 11.6 Å². The molecule has 1 saturated heterocycles. The van der Waals surface area contributed by atoms with Crippen LogP contribution >= 0.6 is 11.3 Å². The monoisotopic (exact) mass is 538 g/mol. The topological polar surface area (TPSA) is 87.0 Å². The predicted molar refractivity (Wildman–Crippen MR) is 144 cm³/mol. The third-order valence-corrected chi connectivity index (χ3v) is 7.77. The van der Waals surface area contributed by atoms with Crippen LogP contribution in [0.3, 0.4) is 0 Å². The maximum Gasteiger partial charge on any atom is 0.269 e. The Morgan fingerprint density at radius 1 is 1.00 bits per heavy atom. The van der Waals surface area contributed by atoms with Crippen LogP contribution in [0.25, 0.3) is 0 Å². The molecule has 0 spiro atoms. The second-order valence-corrected chi connectivity index (χ2v) is 10.5. The number of thiophene rings is 1. The average Bonchev–Trinajstić information content (AvgIpc) is 3.58. The minimum atomic E-state index is -0.511. The van der Waals surface area contributed by atoms with E-state index in [2.05, 4.69) is 4.90 Å². The van der Waals surface area contributed by atoms with E-state index in [0.717, 1.165) is 41.9 Å². The summed E-state index contributed by atoms with van der Waals surface area (Å²) in [5.74, 6) is -0.914. The molecule has 2 amide bonds. The summed E-state index contributed by atoms with van der Waals surface area (Å²) in [6.07, 6.45) is 2.22. The summed E-state index contributed by atoms with van der Waals surface area (Å²) in [6.45, 7) is 5.46. The number of aryl methyl sites for hydroxylation is 1. The Bertz CT molecular complexity index is 1260. The zero-order chi connectivity index (χ0) is 27.1. The van der Waals surface area contributed by atoms with Crippen LogP contribution in [0.5, 0.6) is 0 Å². The van der Waals surface area contributed by atoms with E-state index in [9.17, 15) is 24.1 Å². The van der Waals surface area contributed by atoms with Gasteiger partial charge < -0.3 is 14.7 Å². The highest BCUT2D eigenvalue weighted by Gasteiger charge is 2.25. The molecule has 10 heteroatoms. The van der Waals surface area contributed by atoms with Crippen LogP contribution in [0.15, 0.2) is 60.0 Å². The molecule has 38 heavy (non-hydrogen) atoms. The number of halogens is 1. The third kappa shape index (κ3) is 7.23. The molecule has 0 unspecified atom stereocenters. The van der Waals surface area contributed by atoms with Gasteiger partial charge in [0, 0.05) is 42.2 Å². The maximum absolute atomic E-state index is 13.7. The van der Waals surface area contributed by atoms with Gasteiger partial charge in [0.2, 0.25) is 5.91 Å². The van der Waals surface area contributed by atoms with Crippen molar-refractivity contribution >= 4 is 28.8 Å². The molecule has 200 valence electrons. The summed E-state index contributed by atoms with van der Waals surface area (Å²) in [6, 6.07) is 13.5. The Hall–Kier alpha value is -3.63. The molecule has 3 aromatic rings.